The zero-order valence-corrected chi connectivity index (χ0v) is 24.2. The fourth-order valence-electron chi connectivity index (χ4n) is 5.15. The van der Waals surface area contributed by atoms with Gasteiger partial charge in [0.1, 0.15) is 11.6 Å². The Hall–Kier alpha value is -2.40. The SMILES string of the molecule is CCS(=O)(=O)N1CCC(NCC(O)C(Cc2cc(F)cc(F)c2)NC(C)=O)(c2cccc(C(C)(C)C)c2)CC1. The molecule has 2 atom stereocenters. The summed E-state index contributed by atoms with van der Waals surface area (Å²) in [5.41, 5.74) is 1.73. The summed E-state index contributed by atoms with van der Waals surface area (Å²) in [6.07, 6.45) is -0.0641. The van der Waals surface area contributed by atoms with Gasteiger partial charge in [0.05, 0.1) is 17.9 Å². The Balaban J connectivity index is 1.88. The van der Waals surface area contributed by atoms with E-state index in [1.807, 2.05) is 12.1 Å². The highest BCUT2D eigenvalue weighted by Gasteiger charge is 2.40. The lowest BCUT2D eigenvalue weighted by atomic mass is 9.78. The van der Waals surface area contributed by atoms with Gasteiger partial charge in [-0.3, -0.25) is 4.79 Å². The lowest BCUT2D eigenvalue weighted by Crippen LogP contribution is -2.56. The van der Waals surface area contributed by atoms with E-state index in [2.05, 4.69) is 43.5 Å². The molecule has 2 aromatic carbocycles. The maximum atomic E-state index is 13.8. The van der Waals surface area contributed by atoms with Gasteiger partial charge >= 0.3 is 0 Å². The van der Waals surface area contributed by atoms with Gasteiger partial charge in [0.25, 0.3) is 0 Å². The quantitative estimate of drug-likeness (QED) is 0.409. The summed E-state index contributed by atoms with van der Waals surface area (Å²) in [7, 11) is -3.34. The standard InChI is InChI=1S/C29H41F2N3O4S/c1-6-39(37,38)34-12-10-29(11-13-34,23-9-7-8-22(17-23)28(3,4)5)32-19-27(36)26(33-20(2)35)16-21-14-24(30)18-25(31)15-21/h7-9,14-15,17-18,26-27,32,36H,6,10-13,16,19H2,1-5H3,(H,33,35). The predicted octanol–water partition coefficient (Wildman–Crippen LogP) is 3.60. The van der Waals surface area contributed by atoms with Gasteiger partial charge in [0, 0.05) is 38.2 Å². The first-order valence-electron chi connectivity index (χ1n) is 13.4. The second kappa shape index (κ2) is 12.4. The van der Waals surface area contributed by atoms with Crippen LogP contribution in [-0.4, -0.2) is 61.3 Å². The van der Waals surface area contributed by atoms with E-state index >= 15 is 0 Å². The molecule has 10 heteroatoms. The molecule has 1 fully saturated rings. The van der Waals surface area contributed by atoms with E-state index < -0.39 is 39.3 Å². The highest BCUT2D eigenvalue weighted by molar-refractivity contribution is 7.89. The van der Waals surface area contributed by atoms with E-state index in [1.165, 1.54) is 23.4 Å². The van der Waals surface area contributed by atoms with Crippen molar-refractivity contribution in [2.45, 2.75) is 77.0 Å². The second-order valence-corrected chi connectivity index (χ2v) is 13.7. The van der Waals surface area contributed by atoms with Gasteiger partial charge in [-0.15, -0.1) is 0 Å². The molecule has 1 amide bonds. The van der Waals surface area contributed by atoms with Crippen LogP contribution in [0.1, 0.15) is 64.2 Å². The number of rotatable bonds is 10. The fourth-order valence-corrected chi connectivity index (χ4v) is 6.25. The number of amides is 1. The van der Waals surface area contributed by atoms with Crippen molar-refractivity contribution in [2.24, 2.45) is 0 Å². The molecule has 216 valence electrons. The van der Waals surface area contributed by atoms with Crippen molar-refractivity contribution in [3.8, 4) is 0 Å². The Kier molecular flexibility index (Phi) is 9.91. The van der Waals surface area contributed by atoms with E-state index in [-0.39, 0.29) is 30.0 Å². The Morgan fingerprint density at radius 2 is 1.72 bits per heavy atom. The Labute approximate surface area is 231 Å². The third kappa shape index (κ3) is 8.06. The van der Waals surface area contributed by atoms with Crippen LogP contribution >= 0.6 is 0 Å². The van der Waals surface area contributed by atoms with Crippen molar-refractivity contribution >= 4 is 15.9 Å². The molecule has 7 nitrogen and oxygen atoms in total. The van der Waals surface area contributed by atoms with Gasteiger partial charge in [0.2, 0.25) is 15.9 Å². The average molecular weight is 566 g/mol. The number of sulfonamides is 1. The van der Waals surface area contributed by atoms with Crippen LogP contribution in [0, 0.1) is 11.6 Å². The first kappa shape index (κ1) is 31.1. The maximum Gasteiger partial charge on any atom is 0.217 e. The van der Waals surface area contributed by atoms with Crippen LogP contribution in [0.25, 0.3) is 0 Å². The van der Waals surface area contributed by atoms with Crippen LogP contribution in [0.3, 0.4) is 0 Å². The Morgan fingerprint density at radius 3 is 2.26 bits per heavy atom. The van der Waals surface area contributed by atoms with Crippen molar-refractivity contribution in [1.29, 1.82) is 0 Å². The zero-order chi connectivity index (χ0) is 29.0. The molecule has 1 saturated heterocycles. The number of halogens is 2. The van der Waals surface area contributed by atoms with Crippen LogP contribution in [-0.2, 0) is 32.2 Å². The molecule has 0 spiro atoms. The van der Waals surface area contributed by atoms with Gasteiger partial charge in [-0.25, -0.2) is 21.5 Å². The maximum absolute atomic E-state index is 13.8. The fraction of sp³-hybridized carbons (Fsp3) is 0.552. The summed E-state index contributed by atoms with van der Waals surface area (Å²) in [6, 6.07) is 10.5. The molecule has 0 aromatic heterocycles. The summed E-state index contributed by atoms with van der Waals surface area (Å²) in [6.45, 7) is 10.1. The molecule has 0 radical (unpaired) electrons. The average Bonchev–Trinajstić information content (AvgIpc) is 2.86. The van der Waals surface area contributed by atoms with Crippen LogP contribution in [0.5, 0.6) is 0 Å². The van der Waals surface area contributed by atoms with E-state index in [0.29, 0.717) is 31.5 Å². The van der Waals surface area contributed by atoms with Crippen LogP contribution in [0.4, 0.5) is 8.78 Å². The predicted molar refractivity (Wildman–Crippen MR) is 149 cm³/mol. The summed E-state index contributed by atoms with van der Waals surface area (Å²) in [5.74, 6) is -1.80. The highest BCUT2D eigenvalue weighted by atomic mass is 32.2. The molecule has 0 bridgehead atoms. The Morgan fingerprint density at radius 1 is 1.10 bits per heavy atom. The van der Waals surface area contributed by atoms with E-state index in [9.17, 15) is 27.1 Å². The van der Waals surface area contributed by atoms with Gasteiger partial charge in [0.15, 0.2) is 0 Å². The molecule has 2 unspecified atom stereocenters. The third-order valence-corrected chi connectivity index (χ3v) is 9.38. The van der Waals surface area contributed by atoms with Gasteiger partial charge in [-0.05, 0) is 60.4 Å². The smallest absolute Gasteiger partial charge is 0.217 e. The number of nitrogens with zero attached hydrogens (tertiary/aromatic N) is 1. The largest absolute Gasteiger partial charge is 0.390 e. The zero-order valence-electron chi connectivity index (χ0n) is 23.4. The van der Waals surface area contributed by atoms with Gasteiger partial charge in [-0.1, -0.05) is 45.0 Å². The van der Waals surface area contributed by atoms with Gasteiger partial charge in [-0.2, -0.15) is 0 Å². The van der Waals surface area contributed by atoms with E-state index in [0.717, 1.165) is 17.2 Å². The minimum atomic E-state index is -3.34. The summed E-state index contributed by atoms with van der Waals surface area (Å²) < 4.78 is 54.1. The highest BCUT2D eigenvalue weighted by Crippen LogP contribution is 2.36. The van der Waals surface area contributed by atoms with E-state index in [4.69, 9.17) is 0 Å². The molecule has 3 rings (SSSR count). The molecular formula is C29H41F2N3O4S. The summed E-state index contributed by atoms with van der Waals surface area (Å²) >= 11 is 0. The molecule has 0 aliphatic carbocycles. The lowest BCUT2D eigenvalue weighted by Gasteiger charge is -2.43. The molecule has 3 N–H and O–H groups in total. The normalized spacial score (nSPS) is 17.9. The van der Waals surface area contributed by atoms with Crippen LogP contribution < -0.4 is 10.6 Å². The number of aliphatic hydroxyl groups is 1. The first-order valence-corrected chi connectivity index (χ1v) is 15.0. The number of carbonyl (C=O) groups excluding carboxylic acids is 1. The number of piperidine rings is 1. The van der Waals surface area contributed by atoms with E-state index in [1.54, 1.807) is 6.92 Å². The van der Waals surface area contributed by atoms with Crippen molar-refractivity contribution in [2.75, 3.05) is 25.4 Å². The number of hydrogen-bond donors (Lipinski definition) is 3. The minimum absolute atomic E-state index is 0.0325. The number of carbonyl (C=O) groups is 1. The number of benzene rings is 2. The van der Waals surface area contributed by atoms with Gasteiger partial charge < -0.3 is 15.7 Å². The van der Waals surface area contributed by atoms with Crippen molar-refractivity contribution in [1.82, 2.24) is 14.9 Å². The summed E-state index contributed by atoms with van der Waals surface area (Å²) in [4.78, 5) is 11.9. The Bertz CT molecular complexity index is 1240. The minimum Gasteiger partial charge on any atom is -0.390 e. The molecule has 1 aliphatic rings. The number of nitrogens with one attached hydrogen (secondary N) is 2. The van der Waals surface area contributed by atoms with Crippen molar-refractivity contribution in [3.05, 3.63) is 70.8 Å². The molecular weight excluding hydrogens is 524 g/mol. The second-order valence-electron chi connectivity index (χ2n) is 11.4. The number of hydrogen-bond acceptors (Lipinski definition) is 5. The first-order chi connectivity index (χ1) is 18.1. The van der Waals surface area contributed by atoms with Crippen LogP contribution in [0.15, 0.2) is 42.5 Å². The van der Waals surface area contributed by atoms with Crippen LogP contribution in [0.2, 0.25) is 0 Å². The molecule has 1 aliphatic heterocycles. The topological polar surface area (TPSA) is 98.7 Å². The molecule has 0 saturated carbocycles. The molecule has 2 aromatic rings. The number of aliphatic hydroxyl groups excluding tert-OH is 1. The lowest BCUT2D eigenvalue weighted by molar-refractivity contribution is -0.120. The van der Waals surface area contributed by atoms with Crippen molar-refractivity contribution < 1.29 is 27.1 Å². The molecule has 39 heavy (non-hydrogen) atoms. The molecule has 1 heterocycles. The van der Waals surface area contributed by atoms with Crippen molar-refractivity contribution in [3.63, 3.8) is 0 Å². The monoisotopic (exact) mass is 565 g/mol. The third-order valence-electron chi connectivity index (χ3n) is 7.50. The summed E-state index contributed by atoms with van der Waals surface area (Å²) in [5, 5.41) is 17.4.